The Bertz CT molecular complexity index is 1510. The molecular weight excluding hydrogens is 501 g/mol. The molecule has 0 aliphatic heterocycles. The third-order valence-electron chi connectivity index (χ3n) is 5.06. The summed E-state index contributed by atoms with van der Waals surface area (Å²) in [7, 11) is -3.92. The molecule has 34 heavy (non-hydrogen) atoms. The van der Waals surface area contributed by atoms with E-state index in [1.807, 2.05) is 43.3 Å². The van der Waals surface area contributed by atoms with E-state index in [9.17, 15) is 17.6 Å². The number of amides is 1. The summed E-state index contributed by atoms with van der Waals surface area (Å²) in [5.41, 5.74) is 2.02. The number of hydrogen-bond acceptors (Lipinski definition) is 6. The van der Waals surface area contributed by atoms with Gasteiger partial charge in [0.15, 0.2) is 11.0 Å². The van der Waals surface area contributed by atoms with Gasteiger partial charge in [-0.2, -0.15) is 0 Å². The van der Waals surface area contributed by atoms with E-state index < -0.39 is 22.6 Å². The van der Waals surface area contributed by atoms with Crippen molar-refractivity contribution in [3.63, 3.8) is 0 Å². The predicted octanol–water partition coefficient (Wildman–Crippen LogP) is 4.23. The van der Waals surface area contributed by atoms with Crippen LogP contribution in [-0.4, -0.2) is 34.8 Å². The Morgan fingerprint density at radius 3 is 2.56 bits per heavy atom. The van der Waals surface area contributed by atoms with E-state index in [0.717, 1.165) is 34.2 Å². The average Bonchev–Trinajstić information content (AvgIpc) is 3.21. The molecule has 0 bridgehead atoms. The molecule has 0 saturated heterocycles. The van der Waals surface area contributed by atoms with Gasteiger partial charge in [-0.3, -0.25) is 9.36 Å². The van der Waals surface area contributed by atoms with Gasteiger partial charge in [0.1, 0.15) is 6.67 Å². The monoisotopic (exact) mass is 519 g/mol. The summed E-state index contributed by atoms with van der Waals surface area (Å²) in [5.74, 6) is -0.361. The van der Waals surface area contributed by atoms with Crippen LogP contribution in [0, 0.1) is 6.92 Å². The molecule has 176 valence electrons. The number of nitrogens with one attached hydrogen (secondary N) is 1. The van der Waals surface area contributed by atoms with E-state index in [2.05, 4.69) is 15.5 Å². The van der Waals surface area contributed by atoms with E-state index in [-0.39, 0.29) is 27.2 Å². The third kappa shape index (κ3) is 4.92. The van der Waals surface area contributed by atoms with Crippen LogP contribution in [0.15, 0.2) is 64.6 Å². The Morgan fingerprint density at radius 1 is 1.15 bits per heavy atom. The average molecular weight is 520 g/mol. The number of alkyl halides is 1. The number of fused-ring (bicyclic) bond motifs is 1. The molecule has 12 heteroatoms. The van der Waals surface area contributed by atoms with Crippen LogP contribution in [0.3, 0.4) is 0 Å². The van der Waals surface area contributed by atoms with Crippen LogP contribution in [0.25, 0.3) is 16.5 Å². The second-order valence-corrected chi connectivity index (χ2v) is 10.2. The Balaban J connectivity index is 1.57. The van der Waals surface area contributed by atoms with Crippen molar-refractivity contribution in [2.45, 2.75) is 23.7 Å². The number of nitrogens with zero attached hydrogens (tertiary/aromatic N) is 3. The molecule has 3 N–H and O–H groups in total. The molecule has 4 rings (SSSR count). The number of benzene rings is 3. The van der Waals surface area contributed by atoms with Gasteiger partial charge in [-0.05, 0) is 42.1 Å². The van der Waals surface area contributed by atoms with Crippen molar-refractivity contribution in [2.75, 3.05) is 11.1 Å². The largest absolute Gasteiger partial charge is 0.324 e. The molecule has 0 saturated carbocycles. The molecular formula is C22H19ClFN5O3S2. The first-order chi connectivity index (χ1) is 16.2. The Hall–Kier alpha value is -2.99. The number of rotatable bonds is 7. The summed E-state index contributed by atoms with van der Waals surface area (Å²) in [4.78, 5) is 12.4. The number of carbonyl (C=O) groups is 1. The summed E-state index contributed by atoms with van der Waals surface area (Å²) >= 11 is 7.17. The topological polar surface area (TPSA) is 120 Å². The van der Waals surface area contributed by atoms with Gasteiger partial charge in [-0.25, -0.2) is 17.9 Å². The van der Waals surface area contributed by atoms with Gasteiger partial charge in [-0.1, -0.05) is 53.7 Å². The number of nitrogens with two attached hydrogens (primary N) is 1. The van der Waals surface area contributed by atoms with Crippen molar-refractivity contribution in [2.24, 2.45) is 5.14 Å². The number of aryl methyl sites for hydroxylation is 1. The summed E-state index contributed by atoms with van der Waals surface area (Å²) < 4.78 is 38.2. The molecule has 0 unspecified atom stereocenters. The molecule has 0 aliphatic rings. The maximum Gasteiger partial charge on any atom is 0.238 e. The van der Waals surface area contributed by atoms with Gasteiger partial charge in [0.2, 0.25) is 15.9 Å². The van der Waals surface area contributed by atoms with Gasteiger partial charge in [0.25, 0.3) is 0 Å². The van der Waals surface area contributed by atoms with Crippen molar-refractivity contribution < 1.29 is 17.6 Å². The van der Waals surface area contributed by atoms with Crippen LogP contribution in [0.4, 0.5) is 10.1 Å². The zero-order valence-electron chi connectivity index (χ0n) is 17.8. The standard InChI is InChI=1S/C22H19ClFN5O3S2/c1-13-6-9-19(16-5-3-2-4-15(13)16)29-20(11-24)27-28-22(29)33-12-21(30)26-18-8-7-14(10-17(18)23)34(25,31)32/h2-10H,11-12H2,1H3,(H,26,30)(H2,25,31,32). The number of thioether (sulfide) groups is 1. The zero-order chi connectivity index (χ0) is 24.5. The van der Waals surface area contributed by atoms with Crippen molar-refractivity contribution in [3.8, 4) is 5.69 Å². The second-order valence-electron chi connectivity index (χ2n) is 7.34. The molecule has 0 atom stereocenters. The minimum atomic E-state index is -3.92. The maximum atomic E-state index is 13.7. The highest BCUT2D eigenvalue weighted by Crippen LogP contribution is 2.30. The van der Waals surface area contributed by atoms with Crippen LogP contribution < -0.4 is 10.5 Å². The van der Waals surface area contributed by atoms with Crippen LogP contribution >= 0.6 is 23.4 Å². The van der Waals surface area contributed by atoms with E-state index in [1.165, 1.54) is 12.1 Å². The first-order valence-corrected chi connectivity index (χ1v) is 12.8. The number of aromatic nitrogens is 3. The third-order valence-corrected chi connectivity index (χ3v) is 7.21. The summed E-state index contributed by atoms with van der Waals surface area (Å²) in [6.45, 7) is 1.17. The summed E-state index contributed by atoms with van der Waals surface area (Å²) in [6.07, 6.45) is 0. The Morgan fingerprint density at radius 2 is 1.88 bits per heavy atom. The van der Waals surface area contributed by atoms with Crippen LogP contribution in [0.2, 0.25) is 5.02 Å². The highest BCUT2D eigenvalue weighted by molar-refractivity contribution is 7.99. The van der Waals surface area contributed by atoms with Crippen LogP contribution in [-0.2, 0) is 21.5 Å². The minimum Gasteiger partial charge on any atom is -0.324 e. The lowest BCUT2D eigenvalue weighted by Crippen LogP contribution is -2.16. The van der Waals surface area contributed by atoms with E-state index in [1.54, 1.807) is 4.57 Å². The molecule has 3 aromatic carbocycles. The van der Waals surface area contributed by atoms with Crippen molar-refractivity contribution >= 4 is 55.8 Å². The molecule has 0 radical (unpaired) electrons. The van der Waals surface area contributed by atoms with Crippen molar-refractivity contribution in [1.82, 2.24) is 14.8 Å². The maximum absolute atomic E-state index is 13.7. The number of carbonyl (C=O) groups excluding carboxylic acids is 1. The van der Waals surface area contributed by atoms with Gasteiger partial charge >= 0.3 is 0 Å². The highest BCUT2D eigenvalue weighted by Gasteiger charge is 2.19. The normalized spacial score (nSPS) is 11.6. The first kappa shape index (κ1) is 24.1. The van der Waals surface area contributed by atoms with Gasteiger partial charge in [0.05, 0.1) is 27.0 Å². The molecule has 1 heterocycles. The number of hydrogen-bond donors (Lipinski definition) is 2. The highest BCUT2D eigenvalue weighted by atomic mass is 35.5. The number of primary sulfonamides is 1. The summed E-state index contributed by atoms with van der Waals surface area (Å²) in [5, 5.41) is 18.0. The number of anilines is 1. The van der Waals surface area contributed by atoms with Crippen LogP contribution in [0.1, 0.15) is 11.4 Å². The fourth-order valence-corrected chi connectivity index (χ4v) is 5.04. The fourth-order valence-electron chi connectivity index (χ4n) is 3.44. The molecule has 4 aromatic rings. The quantitative estimate of drug-likeness (QED) is 0.352. The lowest BCUT2D eigenvalue weighted by atomic mass is 10.0. The van der Waals surface area contributed by atoms with E-state index in [4.69, 9.17) is 16.7 Å². The molecule has 1 amide bonds. The van der Waals surface area contributed by atoms with E-state index >= 15 is 0 Å². The van der Waals surface area contributed by atoms with Crippen molar-refractivity contribution in [1.29, 1.82) is 0 Å². The fraction of sp³-hybridized carbons (Fsp3) is 0.136. The molecule has 0 aliphatic carbocycles. The Kier molecular flexibility index (Phi) is 6.89. The minimum absolute atomic E-state index is 0.0267. The first-order valence-electron chi connectivity index (χ1n) is 9.93. The molecule has 0 spiro atoms. The predicted molar refractivity (Wildman–Crippen MR) is 131 cm³/mol. The lowest BCUT2D eigenvalue weighted by Gasteiger charge is -2.13. The molecule has 1 aromatic heterocycles. The Labute approximate surface area is 204 Å². The smallest absolute Gasteiger partial charge is 0.238 e. The lowest BCUT2D eigenvalue weighted by molar-refractivity contribution is -0.113. The zero-order valence-corrected chi connectivity index (χ0v) is 20.2. The number of sulfonamides is 1. The second kappa shape index (κ2) is 9.71. The van der Waals surface area contributed by atoms with Gasteiger partial charge in [-0.15, -0.1) is 10.2 Å². The SMILES string of the molecule is Cc1ccc(-n2c(CF)nnc2SCC(=O)Nc2ccc(S(N)(=O)=O)cc2Cl)c2ccccc12. The number of halogens is 2. The summed E-state index contributed by atoms with van der Waals surface area (Å²) in [6, 6.07) is 15.3. The van der Waals surface area contributed by atoms with Gasteiger partial charge in [0, 0.05) is 5.39 Å². The van der Waals surface area contributed by atoms with Gasteiger partial charge < -0.3 is 5.32 Å². The molecule has 8 nitrogen and oxygen atoms in total. The molecule has 0 fully saturated rings. The van der Waals surface area contributed by atoms with E-state index in [0.29, 0.717) is 10.8 Å². The van der Waals surface area contributed by atoms with Crippen molar-refractivity contribution in [3.05, 3.63) is 71.0 Å². The van der Waals surface area contributed by atoms with Crippen LogP contribution in [0.5, 0.6) is 0 Å².